The van der Waals surface area contributed by atoms with Crippen molar-refractivity contribution in [2.75, 3.05) is 18.8 Å². The molecule has 1 aliphatic heterocycles. The highest BCUT2D eigenvalue weighted by molar-refractivity contribution is 7.09. The number of amides is 1. The van der Waals surface area contributed by atoms with Crippen LogP contribution >= 0.6 is 22.9 Å². The van der Waals surface area contributed by atoms with Crippen LogP contribution in [0.1, 0.15) is 29.5 Å². The largest absolute Gasteiger partial charge is 0.486 e. The van der Waals surface area contributed by atoms with Crippen LogP contribution in [0.2, 0.25) is 5.02 Å². The number of carbonyl (C=O) groups is 1. The maximum absolute atomic E-state index is 12.2. The molecule has 0 spiro atoms. The summed E-state index contributed by atoms with van der Waals surface area (Å²) in [4.78, 5) is 28.0. The summed E-state index contributed by atoms with van der Waals surface area (Å²) in [7, 11) is 0. The molecule has 0 bridgehead atoms. The summed E-state index contributed by atoms with van der Waals surface area (Å²) in [6.45, 7) is 7.18. The highest BCUT2D eigenvalue weighted by atomic mass is 35.5. The number of benzene rings is 1. The summed E-state index contributed by atoms with van der Waals surface area (Å²) < 4.78 is 7.78. The first-order chi connectivity index (χ1) is 17.0. The minimum Gasteiger partial charge on any atom is -0.486 e. The van der Waals surface area contributed by atoms with Gasteiger partial charge in [-0.05, 0) is 44.0 Å². The van der Waals surface area contributed by atoms with E-state index in [1.54, 1.807) is 21.7 Å². The summed E-state index contributed by atoms with van der Waals surface area (Å²) in [5.41, 5.74) is 11.1. The maximum atomic E-state index is 12.2. The van der Waals surface area contributed by atoms with Gasteiger partial charge in [-0.1, -0.05) is 18.2 Å². The molecule has 3 aromatic heterocycles. The number of halogens is 1. The quantitative estimate of drug-likeness (QED) is 0.383. The lowest BCUT2D eigenvalue weighted by atomic mass is 10.1. The van der Waals surface area contributed by atoms with Gasteiger partial charge in [0.05, 0.1) is 32.5 Å². The second kappa shape index (κ2) is 9.63. The molecule has 9 nitrogen and oxygen atoms in total. The number of carbonyl (C=O) groups excluding carboxylic acids is 1. The van der Waals surface area contributed by atoms with Crippen LogP contribution in [-0.2, 0) is 11.4 Å². The number of likely N-dealkylation sites (tertiary alicyclic amines) is 1. The lowest BCUT2D eigenvalue weighted by molar-refractivity contribution is -0.127. The van der Waals surface area contributed by atoms with Crippen molar-refractivity contribution in [1.29, 1.82) is 0 Å². The van der Waals surface area contributed by atoms with Crippen molar-refractivity contribution in [3.63, 3.8) is 0 Å². The Hall–Kier alpha value is -3.50. The Morgan fingerprint density at radius 1 is 1.37 bits per heavy atom. The van der Waals surface area contributed by atoms with Gasteiger partial charge < -0.3 is 15.4 Å². The Balaban J connectivity index is 1.49. The van der Waals surface area contributed by atoms with Crippen LogP contribution in [0.5, 0.6) is 5.75 Å². The molecule has 11 heteroatoms. The van der Waals surface area contributed by atoms with Gasteiger partial charge in [0.15, 0.2) is 5.65 Å². The van der Waals surface area contributed by atoms with Gasteiger partial charge in [0, 0.05) is 18.7 Å². The number of thiazole rings is 1. The van der Waals surface area contributed by atoms with Gasteiger partial charge in [0.25, 0.3) is 0 Å². The number of hydrogen-bond donors (Lipinski definition) is 1. The van der Waals surface area contributed by atoms with E-state index < -0.39 is 0 Å². The molecule has 1 atom stereocenters. The molecule has 1 unspecified atom stereocenters. The molecule has 1 saturated heterocycles. The number of hydrogen-bond acceptors (Lipinski definition) is 8. The minimum atomic E-state index is -0.0866. The molecule has 2 N–H and O–H groups in total. The van der Waals surface area contributed by atoms with Crippen LogP contribution in [0.4, 0.5) is 5.82 Å². The Morgan fingerprint density at radius 3 is 2.97 bits per heavy atom. The molecular formula is C24H24ClN7O2S. The number of nitrogens with zero attached hydrogens (tertiary/aromatic N) is 6. The average molecular weight is 510 g/mol. The number of nitrogen functional groups attached to an aromatic ring is 1. The van der Waals surface area contributed by atoms with E-state index in [0.717, 1.165) is 29.0 Å². The van der Waals surface area contributed by atoms with Gasteiger partial charge in [-0.25, -0.2) is 19.6 Å². The SMILES string of the molecule is C=CC(=O)N1CCCC(n2nc(-c3ccc(OCc4scnc4C)c(Cl)c3)c3c(N)ncnc32)C1. The van der Waals surface area contributed by atoms with Crippen molar-refractivity contribution in [3.05, 3.63) is 58.3 Å². The van der Waals surface area contributed by atoms with Gasteiger partial charge in [0.2, 0.25) is 5.91 Å². The molecule has 35 heavy (non-hydrogen) atoms. The molecule has 1 amide bonds. The summed E-state index contributed by atoms with van der Waals surface area (Å²) in [5, 5.41) is 6.02. The number of anilines is 1. The van der Waals surface area contributed by atoms with Crippen molar-refractivity contribution in [3.8, 4) is 17.0 Å². The van der Waals surface area contributed by atoms with E-state index in [0.29, 0.717) is 53.0 Å². The van der Waals surface area contributed by atoms with Gasteiger partial charge in [-0.2, -0.15) is 5.10 Å². The first kappa shape index (κ1) is 23.3. The zero-order chi connectivity index (χ0) is 24.5. The summed E-state index contributed by atoms with van der Waals surface area (Å²) in [5.74, 6) is 0.821. The normalized spacial score (nSPS) is 15.9. The number of ether oxygens (including phenoxy) is 1. The first-order valence-corrected chi connectivity index (χ1v) is 12.4. The van der Waals surface area contributed by atoms with Crippen LogP contribution in [-0.4, -0.2) is 48.6 Å². The highest BCUT2D eigenvalue weighted by Crippen LogP contribution is 2.37. The van der Waals surface area contributed by atoms with E-state index in [1.165, 1.54) is 12.4 Å². The Bertz CT molecular complexity index is 1420. The molecule has 0 radical (unpaired) electrons. The second-order valence-corrected chi connectivity index (χ2v) is 9.68. The predicted octanol–water partition coefficient (Wildman–Crippen LogP) is 4.42. The Kier molecular flexibility index (Phi) is 6.40. The van der Waals surface area contributed by atoms with Gasteiger partial charge in [-0.3, -0.25) is 4.79 Å². The summed E-state index contributed by atoms with van der Waals surface area (Å²) >= 11 is 8.14. The number of aryl methyl sites for hydroxylation is 1. The highest BCUT2D eigenvalue weighted by Gasteiger charge is 2.28. The summed E-state index contributed by atoms with van der Waals surface area (Å²) in [6.07, 6.45) is 4.50. The number of nitrogens with two attached hydrogens (primary N) is 1. The zero-order valence-corrected chi connectivity index (χ0v) is 20.7. The molecule has 4 aromatic rings. The number of rotatable bonds is 6. The molecular weight excluding hydrogens is 486 g/mol. The molecule has 180 valence electrons. The summed E-state index contributed by atoms with van der Waals surface area (Å²) in [6, 6.07) is 5.49. The predicted molar refractivity (Wildman–Crippen MR) is 136 cm³/mol. The fraction of sp³-hybridized carbons (Fsp3) is 0.292. The standard InChI is InChI=1S/C24H24ClN7O2S/c1-3-20(33)31-8-4-5-16(10-31)32-24-21(23(26)27-12-28-24)22(30-32)15-6-7-18(17(25)9-15)34-11-19-14(2)29-13-35-19/h3,6-7,9,12-13,16H,1,4-5,8,10-11H2,2H3,(H2,26,27,28). The molecule has 1 fully saturated rings. The lowest BCUT2D eigenvalue weighted by Gasteiger charge is -2.32. The second-order valence-electron chi connectivity index (χ2n) is 8.33. The van der Waals surface area contributed by atoms with Crippen LogP contribution in [0.15, 0.2) is 42.7 Å². The topological polar surface area (TPSA) is 112 Å². The van der Waals surface area contributed by atoms with Gasteiger partial charge in [0.1, 0.15) is 30.2 Å². The van der Waals surface area contributed by atoms with Gasteiger partial charge in [-0.15, -0.1) is 11.3 Å². The van der Waals surface area contributed by atoms with Crippen molar-refractivity contribution in [1.82, 2.24) is 29.6 Å². The van der Waals surface area contributed by atoms with E-state index in [2.05, 4.69) is 21.5 Å². The zero-order valence-electron chi connectivity index (χ0n) is 19.1. The average Bonchev–Trinajstić information content (AvgIpc) is 3.47. The van der Waals surface area contributed by atoms with Crippen LogP contribution < -0.4 is 10.5 Å². The van der Waals surface area contributed by atoms with E-state index in [9.17, 15) is 4.79 Å². The smallest absolute Gasteiger partial charge is 0.246 e. The van der Waals surface area contributed by atoms with E-state index in [-0.39, 0.29) is 11.9 Å². The lowest BCUT2D eigenvalue weighted by Crippen LogP contribution is -2.40. The molecule has 5 rings (SSSR count). The van der Waals surface area contributed by atoms with E-state index in [4.69, 9.17) is 27.2 Å². The third-order valence-corrected chi connectivity index (χ3v) is 7.36. The van der Waals surface area contributed by atoms with Gasteiger partial charge >= 0.3 is 0 Å². The Labute approximate surface area is 211 Å². The molecule has 0 aliphatic carbocycles. The number of piperidine rings is 1. The maximum Gasteiger partial charge on any atom is 0.246 e. The fourth-order valence-corrected chi connectivity index (χ4v) is 5.23. The van der Waals surface area contributed by atoms with Crippen molar-refractivity contribution < 1.29 is 9.53 Å². The minimum absolute atomic E-state index is 0.0427. The van der Waals surface area contributed by atoms with E-state index >= 15 is 0 Å². The van der Waals surface area contributed by atoms with E-state index in [1.807, 2.05) is 29.8 Å². The van der Waals surface area contributed by atoms with Crippen LogP contribution in [0.25, 0.3) is 22.3 Å². The third-order valence-electron chi connectivity index (χ3n) is 6.16. The van der Waals surface area contributed by atoms with Crippen molar-refractivity contribution in [2.24, 2.45) is 0 Å². The number of aromatic nitrogens is 5. The molecule has 1 aliphatic rings. The molecule has 4 heterocycles. The third kappa shape index (κ3) is 4.46. The first-order valence-electron chi connectivity index (χ1n) is 11.2. The van der Waals surface area contributed by atoms with Crippen molar-refractivity contribution in [2.45, 2.75) is 32.4 Å². The molecule has 0 saturated carbocycles. The number of fused-ring (bicyclic) bond motifs is 1. The Morgan fingerprint density at radius 2 is 2.23 bits per heavy atom. The fourth-order valence-electron chi connectivity index (χ4n) is 4.31. The van der Waals surface area contributed by atoms with Crippen LogP contribution in [0.3, 0.4) is 0 Å². The monoisotopic (exact) mass is 509 g/mol. The van der Waals surface area contributed by atoms with Crippen LogP contribution in [0, 0.1) is 6.92 Å². The molecule has 1 aromatic carbocycles. The van der Waals surface area contributed by atoms with Crippen molar-refractivity contribution >= 4 is 45.7 Å².